The van der Waals surface area contributed by atoms with Crippen molar-refractivity contribution >= 4 is 11.8 Å². The molecule has 5 nitrogen and oxygen atoms in total. The average Bonchev–Trinajstić information content (AvgIpc) is 2.44. The lowest BCUT2D eigenvalue weighted by molar-refractivity contribution is -0.143. The molecule has 0 aromatic heterocycles. The molecule has 0 spiro atoms. The summed E-state index contributed by atoms with van der Waals surface area (Å²) < 4.78 is 0. The molecule has 1 saturated heterocycles. The van der Waals surface area contributed by atoms with Gasteiger partial charge in [0.1, 0.15) is 6.04 Å². The number of nitrogens with one attached hydrogen (secondary N) is 1. The van der Waals surface area contributed by atoms with Crippen molar-refractivity contribution in [2.75, 3.05) is 13.2 Å². The third-order valence-corrected chi connectivity index (χ3v) is 4.25. The predicted octanol–water partition coefficient (Wildman–Crippen LogP) is 1.55. The van der Waals surface area contributed by atoms with Crippen molar-refractivity contribution in [1.29, 1.82) is 0 Å². The zero-order valence-electron chi connectivity index (χ0n) is 13.8. The molecule has 2 N–H and O–H groups in total. The van der Waals surface area contributed by atoms with Gasteiger partial charge in [-0.05, 0) is 38.0 Å². The summed E-state index contributed by atoms with van der Waals surface area (Å²) in [5, 5.41) is 12.1. The SMILES string of the molecule is CC(C)CC(C(=O)NC(C)C(C)CO)N1CCCCC1=O. The fourth-order valence-electron chi connectivity index (χ4n) is 2.60. The van der Waals surface area contributed by atoms with Gasteiger partial charge in [-0.25, -0.2) is 0 Å². The second-order valence-electron chi connectivity index (χ2n) is 6.65. The summed E-state index contributed by atoms with van der Waals surface area (Å²) in [5.74, 6) is 0.350. The highest BCUT2D eigenvalue weighted by Gasteiger charge is 2.32. The highest BCUT2D eigenvalue weighted by Crippen LogP contribution is 2.19. The normalized spacial score (nSPS) is 20.3. The zero-order valence-corrected chi connectivity index (χ0v) is 13.8. The Balaban J connectivity index is 2.76. The van der Waals surface area contributed by atoms with E-state index in [0.29, 0.717) is 25.3 Å². The minimum Gasteiger partial charge on any atom is -0.396 e. The first-order valence-corrected chi connectivity index (χ1v) is 8.07. The summed E-state index contributed by atoms with van der Waals surface area (Å²) >= 11 is 0. The molecule has 3 atom stereocenters. The zero-order chi connectivity index (χ0) is 16.0. The van der Waals surface area contributed by atoms with E-state index in [0.717, 1.165) is 12.8 Å². The van der Waals surface area contributed by atoms with Gasteiger partial charge in [0.2, 0.25) is 11.8 Å². The van der Waals surface area contributed by atoms with Crippen LogP contribution in [0.5, 0.6) is 0 Å². The van der Waals surface area contributed by atoms with Crippen LogP contribution in [0.1, 0.15) is 53.4 Å². The van der Waals surface area contributed by atoms with Gasteiger partial charge >= 0.3 is 0 Å². The Bertz CT molecular complexity index is 357. The van der Waals surface area contributed by atoms with Crippen molar-refractivity contribution in [1.82, 2.24) is 10.2 Å². The molecule has 1 aliphatic heterocycles. The van der Waals surface area contributed by atoms with Crippen molar-refractivity contribution in [3.63, 3.8) is 0 Å². The number of rotatable bonds is 7. The Labute approximate surface area is 128 Å². The van der Waals surface area contributed by atoms with E-state index < -0.39 is 0 Å². The highest BCUT2D eigenvalue weighted by molar-refractivity contribution is 5.88. The minimum atomic E-state index is -0.383. The van der Waals surface area contributed by atoms with Crippen molar-refractivity contribution in [3.8, 4) is 0 Å². The molecule has 0 aromatic rings. The summed E-state index contributed by atoms with van der Waals surface area (Å²) in [5.41, 5.74) is 0. The molecule has 5 heteroatoms. The van der Waals surface area contributed by atoms with Crippen LogP contribution in [0, 0.1) is 11.8 Å². The maximum absolute atomic E-state index is 12.6. The van der Waals surface area contributed by atoms with Crippen LogP contribution >= 0.6 is 0 Å². The van der Waals surface area contributed by atoms with E-state index >= 15 is 0 Å². The van der Waals surface area contributed by atoms with Gasteiger partial charge in [0.25, 0.3) is 0 Å². The molecule has 0 aromatic carbocycles. The Morgan fingerprint density at radius 1 is 1.29 bits per heavy atom. The van der Waals surface area contributed by atoms with E-state index in [1.54, 1.807) is 4.90 Å². The summed E-state index contributed by atoms with van der Waals surface area (Å²) in [6.07, 6.45) is 3.11. The molecule has 3 unspecified atom stereocenters. The number of hydrogen-bond acceptors (Lipinski definition) is 3. The molecule has 122 valence electrons. The molecule has 0 aliphatic carbocycles. The molecule has 0 saturated carbocycles. The first kappa shape index (κ1) is 18.0. The molecule has 0 bridgehead atoms. The summed E-state index contributed by atoms with van der Waals surface area (Å²) in [4.78, 5) is 26.4. The summed E-state index contributed by atoms with van der Waals surface area (Å²) in [6.45, 7) is 8.63. The number of carbonyl (C=O) groups is 2. The number of nitrogens with zero attached hydrogens (tertiary/aromatic N) is 1. The topological polar surface area (TPSA) is 69.6 Å². The lowest BCUT2D eigenvalue weighted by Gasteiger charge is -2.35. The van der Waals surface area contributed by atoms with Gasteiger partial charge in [-0.1, -0.05) is 20.8 Å². The lowest BCUT2D eigenvalue weighted by atomic mass is 9.97. The number of likely N-dealkylation sites (tertiary alicyclic amines) is 1. The van der Waals surface area contributed by atoms with Gasteiger partial charge in [0, 0.05) is 25.6 Å². The van der Waals surface area contributed by atoms with Crippen LogP contribution in [0.4, 0.5) is 0 Å². The van der Waals surface area contributed by atoms with Crippen LogP contribution < -0.4 is 5.32 Å². The quantitative estimate of drug-likeness (QED) is 0.749. The lowest BCUT2D eigenvalue weighted by Crippen LogP contribution is -2.54. The standard InChI is InChI=1S/C16H30N2O3/c1-11(2)9-14(18-8-6-5-7-15(18)20)16(21)17-13(4)12(3)10-19/h11-14,19H,5-10H2,1-4H3,(H,17,21). The number of aliphatic hydroxyl groups is 1. The minimum absolute atomic E-state index is 0.00528. The molecule has 1 fully saturated rings. The first-order chi connectivity index (χ1) is 9.86. The molecule has 2 amide bonds. The van der Waals surface area contributed by atoms with Gasteiger partial charge < -0.3 is 15.3 Å². The number of hydrogen-bond donors (Lipinski definition) is 2. The Kier molecular flexibility index (Phi) is 7.15. The second-order valence-corrected chi connectivity index (χ2v) is 6.65. The maximum Gasteiger partial charge on any atom is 0.243 e. The molecular weight excluding hydrogens is 268 g/mol. The summed E-state index contributed by atoms with van der Waals surface area (Å²) in [6, 6.07) is -0.483. The van der Waals surface area contributed by atoms with Crippen molar-refractivity contribution in [2.24, 2.45) is 11.8 Å². The van der Waals surface area contributed by atoms with Gasteiger partial charge in [-0.15, -0.1) is 0 Å². The van der Waals surface area contributed by atoms with Crippen LogP contribution in [0.2, 0.25) is 0 Å². The monoisotopic (exact) mass is 298 g/mol. The largest absolute Gasteiger partial charge is 0.396 e. The Hall–Kier alpha value is -1.10. The summed E-state index contributed by atoms with van der Waals surface area (Å²) in [7, 11) is 0. The fourth-order valence-corrected chi connectivity index (χ4v) is 2.60. The molecule has 21 heavy (non-hydrogen) atoms. The van der Waals surface area contributed by atoms with E-state index in [1.165, 1.54) is 0 Å². The number of aliphatic hydroxyl groups excluding tert-OH is 1. The van der Waals surface area contributed by atoms with Crippen molar-refractivity contribution in [3.05, 3.63) is 0 Å². The maximum atomic E-state index is 12.6. The second kappa shape index (κ2) is 8.37. The van der Waals surface area contributed by atoms with Crippen LogP contribution in [0.25, 0.3) is 0 Å². The van der Waals surface area contributed by atoms with E-state index in [-0.39, 0.29) is 36.4 Å². The first-order valence-electron chi connectivity index (χ1n) is 8.07. The van der Waals surface area contributed by atoms with Crippen LogP contribution in [-0.2, 0) is 9.59 Å². The molecule has 1 rings (SSSR count). The van der Waals surface area contributed by atoms with E-state index in [2.05, 4.69) is 19.2 Å². The molecule has 1 heterocycles. The Morgan fingerprint density at radius 2 is 1.95 bits per heavy atom. The van der Waals surface area contributed by atoms with Gasteiger partial charge in [-0.3, -0.25) is 9.59 Å². The highest BCUT2D eigenvalue weighted by atomic mass is 16.3. The fraction of sp³-hybridized carbons (Fsp3) is 0.875. The van der Waals surface area contributed by atoms with Crippen molar-refractivity contribution < 1.29 is 14.7 Å². The smallest absolute Gasteiger partial charge is 0.243 e. The van der Waals surface area contributed by atoms with Crippen LogP contribution in [-0.4, -0.2) is 47.1 Å². The Morgan fingerprint density at radius 3 is 2.48 bits per heavy atom. The van der Waals surface area contributed by atoms with E-state index in [1.807, 2.05) is 13.8 Å². The third kappa shape index (κ3) is 5.30. The third-order valence-electron chi connectivity index (χ3n) is 4.25. The average molecular weight is 298 g/mol. The number of amides is 2. The predicted molar refractivity (Wildman–Crippen MR) is 82.7 cm³/mol. The number of carbonyl (C=O) groups excluding carboxylic acids is 2. The number of piperidine rings is 1. The van der Waals surface area contributed by atoms with Gasteiger partial charge in [0.15, 0.2) is 0 Å². The molecule has 1 aliphatic rings. The van der Waals surface area contributed by atoms with Gasteiger partial charge in [-0.2, -0.15) is 0 Å². The van der Waals surface area contributed by atoms with Crippen molar-refractivity contribution in [2.45, 2.75) is 65.5 Å². The van der Waals surface area contributed by atoms with Gasteiger partial charge in [0.05, 0.1) is 0 Å². The van der Waals surface area contributed by atoms with Crippen LogP contribution in [0.15, 0.2) is 0 Å². The van der Waals surface area contributed by atoms with E-state index in [9.17, 15) is 14.7 Å². The van der Waals surface area contributed by atoms with E-state index in [4.69, 9.17) is 0 Å². The van der Waals surface area contributed by atoms with Crippen LogP contribution in [0.3, 0.4) is 0 Å². The molecule has 0 radical (unpaired) electrons. The molecular formula is C16H30N2O3.